The minimum absolute atomic E-state index is 0.0958. The molecular weight excluding hydrogens is 140 g/mol. The molecule has 0 aliphatic carbocycles. The van der Waals surface area contributed by atoms with Gasteiger partial charge < -0.3 is 15.7 Å². The summed E-state index contributed by atoms with van der Waals surface area (Å²) < 4.78 is 0. The summed E-state index contributed by atoms with van der Waals surface area (Å²) >= 11 is 0. The number of piperidine rings is 1. The van der Waals surface area contributed by atoms with Gasteiger partial charge in [0.1, 0.15) is 0 Å². The van der Waals surface area contributed by atoms with Crippen LogP contribution in [0.4, 0.5) is 0 Å². The van der Waals surface area contributed by atoms with Crippen molar-refractivity contribution in [2.75, 3.05) is 26.2 Å². The molecule has 0 aromatic heterocycles. The van der Waals surface area contributed by atoms with Gasteiger partial charge in [-0.3, -0.25) is 0 Å². The Balaban J connectivity index is 2.12. The van der Waals surface area contributed by atoms with Crippen LogP contribution in [-0.2, 0) is 0 Å². The minimum Gasteiger partial charge on any atom is -0.392 e. The first-order valence-electron chi connectivity index (χ1n) is 4.43. The van der Waals surface area contributed by atoms with Gasteiger partial charge in [0.25, 0.3) is 0 Å². The molecule has 1 rings (SSSR count). The van der Waals surface area contributed by atoms with Crippen molar-refractivity contribution in [1.82, 2.24) is 4.90 Å². The maximum Gasteiger partial charge on any atom is 0.0667 e. The van der Waals surface area contributed by atoms with E-state index in [0.29, 0.717) is 0 Å². The number of β-amino-alcohol motifs (C(OH)–C–C–N with tert-alkyl or cyclic N) is 1. The van der Waals surface area contributed by atoms with E-state index in [1.807, 2.05) is 0 Å². The molecule has 0 bridgehead atoms. The molecule has 1 fully saturated rings. The molecule has 1 unspecified atom stereocenters. The Morgan fingerprint density at radius 3 is 3.00 bits per heavy atom. The lowest BCUT2D eigenvalue weighted by atomic mass is 10.1. The maximum absolute atomic E-state index is 9.31. The largest absolute Gasteiger partial charge is 0.392 e. The average molecular weight is 158 g/mol. The topological polar surface area (TPSA) is 49.5 Å². The number of rotatable bonds is 3. The summed E-state index contributed by atoms with van der Waals surface area (Å²) in [6.45, 7) is 3.79. The fraction of sp³-hybridized carbons (Fsp3) is 1.00. The van der Waals surface area contributed by atoms with E-state index in [0.717, 1.165) is 45.4 Å². The van der Waals surface area contributed by atoms with Crippen LogP contribution in [0.2, 0.25) is 0 Å². The van der Waals surface area contributed by atoms with Crippen molar-refractivity contribution in [1.29, 1.82) is 0 Å². The van der Waals surface area contributed by atoms with Gasteiger partial charge in [-0.25, -0.2) is 0 Å². The molecule has 0 spiro atoms. The first-order chi connectivity index (χ1) is 5.33. The first kappa shape index (κ1) is 8.97. The highest BCUT2D eigenvalue weighted by atomic mass is 16.3. The zero-order chi connectivity index (χ0) is 8.10. The van der Waals surface area contributed by atoms with Gasteiger partial charge in [-0.1, -0.05) is 0 Å². The zero-order valence-corrected chi connectivity index (χ0v) is 7.00. The summed E-state index contributed by atoms with van der Waals surface area (Å²) in [6.07, 6.45) is 3.05. The lowest BCUT2D eigenvalue weighted by Crippen LogP contribution is -2.39. The van der Waals surface area contributed by atoms with E-state index in [1.54, 1.807) is 0 Å². The van der Waals surface area contributed by atoms with E-state index >= 15 is 0 Å². The van der Waals surface area contributed by atoms with Crippen LogP contribution >= 0.6 is 0 Å². The molecule has 1 heterocycles. The Hall–Kier alpha value is -0.120. The third kappa shape index (κ3) is 3.18. The number of aliphatic hydroxyl groups is 1. The molecule has 11 heavy (non-hydrogen) atoms. The van der Waals surface area contributed by atoms with E-state index in [4.69, 9.17) is 5.73 Å². The number of nitrogens with two attached hydrogens (primary N) is 1. The fourth-order valence-electron chi connectivity index (χ4n) is 1.55. The minimum atomic E-state index is -0.0958. The van der Waals surface area contributed by atoms with Crippen LogP contribution in [0.1, 0.15) is 19.3 Å². The molecule has 0 saturated carbocycles. The summed E-state index contributed by atoms with van der Waals surface area (Å²) in [7, 11) is 0. The van der Waals surface area contributed by atoms with Crippen LogP contribution in [0.15, 0.2) is 0 Å². The zero-order valence-electron chi connectivity index (χ0n) is 7.00. The van der Waals surface area contributed by atoms with E-state index in [2.05, 4.69) is 4.90 Å². The molecule has 1 aliphatic heterocycles. The van der Waals surface area contributed by atoms with Crippen molar-refractivity contribution in [3.8, 4) is 0 Å². The quantitative estimate of drug-likeness (QED) is 0.597. The van der Waals surface area contributed by atoms with Crippen molar-refractivity contribution in [2.45, 2.75) is 25.4 Å². The second kappa shape index (κ2) is 4.70. The predicted molar refractivity (Wildman–Crippen MR) is 45.4 cm³/mol. The van der Waals surface area contributed by atoms with Crippen LogP contribution in [0.3, 0.4) is 0 Å². The number of nitrogens with zero attached hydrogens (tertiary/aromatic N) is 1. The number of hydrogen-bond acceptors (Lipinski definition) is 3. The molecule has 3 nitrogen and oxygen atoms in total. The fourth-order valence-corrected chi connectivity index (χ4v) is 1.55. The van der Waals surface area contributed by atoms with Gasteiger partial charge in [-0.05, 0) is 38.9 Å². The van der Waals surface area contributed by atoms with E-state index in [-0.39, 0.29) is 6.10 Å². The van der Waals surface area contributed by atoms with Crippen LogP contribution in [0.5, 0.6) is 0 Å². The molecule has 0 radical (unpaired) electrons. The van der Waals surface area contributed by atoms with Gasteiger partial charge in [0.15, 0.2) is 0 Å². The Morgan fingerprint density at radius 2 is 2.36 bits per heavy atom. The van der Waals surface area contributed by atoms with Gasteiger partial charge in [-0.2, -0.15) is 0 Å². The SMILES string of the molecule is NCCCN1CCCC(O)C1. The highest BCUT2D eigenvalue weighted by Crippen LogP contribution is 2.09. The van der Waals surface area contributed by atoms with E-state index in [9.17, 15) is 5.11 Å². The predicted octanol–water partition coefficient (Wildman–Crippen LogP) is -0.208. The normalized spacial score (nSPS) is 27.3. The third-order valence-electron chi connectivity index (χ3n) is 2.16. The molecule has 1 saturated heterocycles. The second-order valence-electron chi connectivity index (χ2n) is 3.24. The van der Waals surface area contributed by atoms with Crippen molar-refractivity contribution in [3.05, 3.63) is 0 Å². The van der Waals surface area contributed by atoms with Gasteiger partial charge in [0.05, 0.1) is 6.10 Å². The molecule has 1 atom stereocenters. The van der Waals surface area contributed by atoms with Crippen molar-refractivity contribution >= 4 is 0 Å². The molecule has 3 N–H and O–H groups in total. The third-order valence-corrected chi connectivity index (χ3v) is 2.16. The monoisotopic (exact) mass is 158 g/mol. The van der Waals surface area contributed by atoms with Gasteiger partial charge >= 0.3 is 0 Å². The molecule has 0 amide bonds. The average Bonchev–Trinajstić information content (AvgIpc) is 2.01. The summed E-state index contributed by atoms with van der Waals surface area (Å²) in [5, 5.41) is 9.31. The van der Waals surface area contributed by atoms with Crippen molar-refractivity contribution < 1.29 is 5.11 Å². The molecule has 0 aromatic carbocycles. The Kier molecular flexibility index (Phi) is 3.83. The van der Waals surface area contributed by atoms with E-state index < -0.39 is 0 Å². The van der Waals surface area contributed by atoms with Crippen LogP contribution < -0.4 is 5.73 Å². The molecule has 1 aliphatic rings. The van der Waals surface area contributed by atoms with Gasteiger partial charge in [0.2, 0.25) is 0 Å². The number of aliphatic hydroxyl groups excluding tert-OH is 1. The van der Waals surface area contributed by atoms with Crippen molar-refractivity contribution in [2.24, 2.45) is 5.73 Å². The molecule has 66 valence electrons. The summed E-state index contributed by atoms with van der Waals surface area (Å²) in [4.78, 5) is 2.29. The Morgan fingerprint density at radius 1 is 1.55 bits per heavy atom. The summed E-state index contributed by atoms with van der Waals surface area (Å²) in [6, 6.07) is 0. The lowest BCUT2D eigenvalue weighted by Gasteiger charge is -2.29. The number of likely N-dealkylation sites (tertiary alicyclic amines) is 1. The summed E-state index contributed by atoms with van der Waals surface area (Å²) in [5.74, 6) is 0. The van der Waals surface area contributed by atoms with Gasteiger partial charge in [-0.15, -0.1) is 0 Å². The highest BCUT2D eigenvalue weighted by Gasteiger charge is 2.16. The molecule has 3 heteroatoms. The smallest absolute Gasteiger partial charge is 0.0667 e. The Bertz CT molecular complexity index is 108. The number of hydrogen-bond donors (Lipinski definition) is 2. The summed E-state index contributed by atoms with van der Waals surface area (Å²) in [5.41, 5.74) is 5.39. The second-order valence-corrected chi connectivity index (χ2v) is 3.24. The van der Waals surface area contributed by atoms with Crippen molar-refractivity contribution in [3.63, 3.8) is 0 Å². The molecule has 0 aromatic rings. The first-order valence-corrected chi connectivity index (χ1v) is 4.43. The van der Waals surface area contributed by atoms with Gasteiger partial charge in [0, 0.05) is 6.54 Å². The maximum atomic E-state index is 9.31. The van der Waals surface area contributed by atoms with Crippen LogP contribution in [-0.4, -0.2) is 42.3 Å². The Labute approximate surface area is 68.2 Å². The molecular formula is C8H18N2O. The van der Waals surface area contributed by atoms with Crippen LogP contribution in [0, 0.1) is 0 Å². The van der Waals surface area contributed by atoms with Crippen LogP contribution in [0.25, 0.3) is 0 Å². The highest BCUT2D eigenvalue weighted by molar-refractivity contribution is 4.71. The lowest BCUT2D eigenvalue weighted by molar-refractivity contribution is 0.0705. The van der Waals surface area contributed by atoms with E-state index in [1.165, 1.54) is 0 Å². The standard InChI is InChI=1S/C8H18N2O/c9-4-2-6-10-5-1-3-8(11)7-10/h8,11H,1-7,9H2.